The lowest BCUT2D eigenvalue weighted by Crippen LogP contribution is -2.20. The summed E-state index contributed by atoms with van der Waals surface area (Å²) in [7, 11) is 1.28. The van der Waals surface area contributed by atoms with Gasteiger partial charge in [0.25, 0.3) is 0 Å². The lowest BCUT2D eigenvalue weighted by Gasteiger charge is -2.14. The molecule has 0 saturated carbocycles. The van der Waals surface area contributed by atoms with Gasteiger partial charge in [-0.2, -0.15) is 18.2 Å². The van der Waals surface area contributed by atoms with Crippen LogP contribution in [0.2, 0.25) is 20.1 Å². The first-order valence-electron chi connectivity index (χ1n) is 9.24. The molecule has 0 heterocycles. The van der Waals surface area contributed by atoms with Crippen molar-refractivity contribution in [3.63, 3.8) is 0 Å². The van der Waals surface area contributed by atoms with Crippen LogP contribution >= 0.6 is 46.4 Å². The number of nitrogens with zero attached hydrogens (tertiary/aromatic N) is 1. The van der Waals surface area contributed by atoms with E-state index in [-0.39, 0.29) is 17.1 Å². The van der Waals surface area contributed by atoms with Gasteiger partial charge in [-0.25, -0.2) is 9.59 Å². The lowest BCUT2D eigenvalue weighted by atomic mass is 10.2. The van der Waals surface area contributed by atoms with Crippen LogP contribution in [0, 0.1) is 0 Å². The Morgan fingerprint density at radius 2 is 1.43 bits per heavy atom. The number of urea groups is 1. The number of amides is 2. The van der Waals surface area contributed by atoms with Gasteiger partial charge in [-0.1, -0.05) is 46.4 Å². The van der Waals surface area contributed by atoms with Crippen molar-refractivity contribution in [3.05, 3.63) is 80.3 Å². The molecule has 0 fully saturated rings. The topological polar surface area (TPSA) is 79.8 Å². The third-order valence-corrected chi connectivity index (χ3v) is 4.79. The monoisotopic (exact) mass is 565 g/mol. The number of anilines is 2. The summed E-state index contributed by atoms with van der Waals surface area (Å²) in [5.41, 5.74) is -0.337. The minimum atomic E-state index is -4.54. The Kier molecular flexibility index (Phi) is 10.2. The molecule has 0 aliphatic carbocycles. The number of rotatable bonds is 4. The van der Waals surface area contributed by atoms with E-state index in [0.29, 0.717) is 25.8 Å². The predicted molar refractivity (Wildman–Crippen MR) is 131 cm³/mol. The molecular formula is C22H14Cl4F3N3O3. The van der Waals surface area contributed by atoms with E-state index >= 15 is 0 Å². The van der Waals surface area contributed by atoms with E-state index in [1.165, 1.54) is 43.5 Å². The van der Waals surface area contributed by atoms with Crippen molar-refractivity contribution in [1.29, 1.82) is 0 Å². The number of benzene rings is 3. The molecule has 35 heavy (non-hydrogen) atoms. The molecule has 0 radical (unpaired) electrons. The molecule has 0 atom stereocenters. The zero-order valence-electron chi connectivity index (χ0n) is 17.5. The van der Waals surface area contributed by atoms with Crippen molar-refractivity contribution in [3.8, 4) is 5.75 Å². The highest BCUT2D eigenvalue weighted by molar-refractivity contribution is 6.35. The number of nitrogens with one attached hydrogen (secondary N) is 2. The minimum absolute atomic E-state index is 0.0854. The second kappa shape index (κ2) is 12.7. The van der Waals surface area contributed by atoms with Crippen LogP contribution in [0.15, 0.2) is 59.6 Å². The maximum atomic E-state index is 12.8. The predicted octanol–water partition coefficient (Wildman–Crippen LogP) is 8.63. The zero-order chi connectivity index (χ0) is 26.2. The summed E-state index contributed by atoms with van der Waals surface area (Å²) < 4.78 is 43.3. The molecule has 0 bridgehead atoms. The van der Waals surface area contributed by atoms with Crippen LogP contribution in [0.4, 0.5) is 35.0 Å². The first kappa shape index (κ1) is 28.3. The van der Waals surface area contributed by atoms with Crippen LogP contribution in [-0.2, 0) is 11.0 Å². The Balaban J connectivity index is 0.000000328. The minimum Gasteiger partial charge on any atom is -0.495 e. The molecule has 13 heteroatoms. The number of aliphatic imine (C=N–C) groups is 1. The van der Waals surface area contributed by atoms with Crippen molar-refractivity contribution in [1.82, 2.24) is 0 Å². The van der Waals surface area contributed by atoms with Crippen LogP contribution in [-0.4, -0.2) is 19.2 Å². The first-order valence-corrected chi connectivity index (χ1v) is 10.8. The van der Waals surface area contributed by atoms with E-state index < -0.39 is 17.8 Å². The summed E-state index contributed by atoms with van der Waals surface area (Å²) in [4.78, 5) is 25.2. The second-order valence-electron chi connectivity index (χ2n) is 6.48. The van der Waals surface area contributed by atoms with Crippen LogP contribution in [0.25, 0.3) is 0 Å². The molecule has 0 aromatic heterocycles. The zero-order valence-corrected chi connectivity index (χ0v) is 20.5. The number of alkyl halides is 3. The highest BCUT2D eigenvalue weighted by atomic mass is 35.5. The van der Waals surface area contributed by atoms with Gasteiger partial charge < -0.3 is 15.4 Å². The molecule has 2 N–H and O–H groups in total. The van der Waals surface area contributed by atoms with Crippen LogP contribution in [0.5, 0.6) is 5.75 Å². The third kappa shape index (κ3) is 9.32. The molecule has 0 saturated heterocycles. The lowest BCUT2D eigenvalue weighted by molar-refractivity contribution is -0.137. The average Bonchev–Trinajstić information content (AvgIpc) is 2.72. The molecule has 0 spiro atoms. The molecule has 0 aliphatic heterocycles. The number of ether oxygens (including phenoxy) is 1. The van der Waals surface area contributed by atoms with Gasteiger partial charge in [-0.15, -0.1) is 0 Å². The Labute approximate surface area is 217 Å². The fraction of sp³-hybridized carbons (Fsp3) is 0.0909. The Morgan fingerprint density at radius 3 is 1.91 bits per heavy atom. The largest absolute Gasteiger partial charge is 0.495 e. The first-order chi connectivity index (χ1) is 16.4. The maximum Gasteiger partial charge on any atom is 0.416 e. The van der Waals surface area contributed by atoms with Gasteiger partial charge in [0, 0.05) is 25.8 Å². The quantitative estimate of drug-likeness (QED) is 0.245. The van der Waals surface area contributed by atoms with Gasteiger partial charge in [0.05, 0.1) is 24.0 Å². The fourth-order valence-corrected chi connectivity index (χ4v) is 3.59. The molecular weight excluding hydrogens is 553 g/mol. The molecule has 6 nitrogen and oxygen atoms in total. The SMILES string of the molecule is COc1ccc(C(F)(F)F)cc1NC(=O)Nc1cc(Cl)cc(Cl)c1.O=C=Nc1cc(Cl)cc(Cl)c1. The summed E-state index contributed by atoms with van der Waals surface area (Å²) >= 11 is 22.8. The van der Waals surface area contributed by atoms with E-state index in [0.717, 1.165) is 18.2 Å². The number of methoxy groups -OCH3 is 1. The Bertz CT molecular complexity index is 1230. The van der Waals surface area contributed by atoms with Crippen molar-refractivity contribution in [2.24, 2.45) is 4.99 Å². The molecule has 3 aromatic carbocycles. The van der Waals surface area contributed by atoms with Gasteiger partial charge in [-0.3, -0.25) is 0 Å². The Morgan fingerprint density at radius 1 is 0.886 bits per heavy atom. The van der Waals surface area contributed by atoms with Crippen molar-refractivity contribution in [2.45, 2.75) is 6.18 Å². The van der Waals surface area contributed by atoms with Gasteiger partial charge >= 0.3 is 12.2 Å². The van der Waals surface area contributed by atoms with Crippen molar-refractivity contribution >= 4 is 75.6 Å². The van der Waals surface area contributed by atoms with Gasteiger partial charge in [-0.05, 0) is 54.6 Å². The number of isocyanates is 1. The van der Waals surface area contributed by atoms with Crippen LogP contribution in [0.1, 0.15) is 5.56 Å². The van der Waals surface area contributed by atoms with Crippen LogP contribution in [0.3, 0.4) is 0 Å². The van der Waals surface area contributed by atoms with E-state index in [2.05, 4.69) is 15.6 Å². The second-order valence-corrected chi connectivity index (χ2v) is 8.23. The van der Waals surface area contributed by atoms with Gasteiger partial charge in [0.1, 0.15) is 5.75 Å². The molecule has 3 aromatic rings. The fourth-order valence-electron chi connectivity index (χ4n) is 2.55. The summed E-state index contributed by atoms with van der Waals surface area (Å²) in [5.74, 6) is 0.0854. The summed E-state index contributed by atoms with van der Waals surface area (Å²) in [6.45, 7) is 0. The van der Waals surface area contributed by atoms with Crippen molar-refractivity contribution in [2.75, 3.05) is 17.7 Å². The number of carbonyl (C=O) groups excluding carboxylic acids is 2. The third-order valence-electron chi connectivity index (χ3n) is 3.92. The average molecular weight is 567 g/mol. The van der Waals surface area contributed by atoms with Crippen LogP contribution < -0.4 is 15.4 Å². The highest BCUT2D eigenvalue weighted by Crippen LogP contribution is 2.35. The number of halogens is 7. The number of hydrogen-bond donors (Lipinski definition) is 2. The standard InChI is InChI=1S/C15H11Cl2F3N2O2.C7H3Cl2NO/c1-24-13-3-2-8(15(18,19)20)4-12(13)22-14(23)21-11-6-9(16)5-10(17)7-11;8-5-1-6(9)3-7(2-5)10-4-11/h2-7H,1H3,(H2,21,22,23);1-3H. The summed E-state index contributed by atoms with van der Waals surface area (Å²) in [6, 6.07) is 11.0. The number of carbonyl (C=O) groups is 1. The van der Waals surface area contributed by atoms with E-state index in [9.17, 15) is 22.8 Å². The molecule has 3 rings (SSSR count). The smallest absolute Gasteiger partial charge is 0.416 e. The highest BCUT2D eigenvalue weighted by Gasteiger charge is 2.31. The Hall–Kier alpha value is -2.94. The van der Waals surface area contributed by atoms with Crippen molar-refractivity contribution < 1.29 is 27.5 Å². The van der Waals surface area contributed by atoms with E-state index in [4.69, 9.17) is 51.1 Å². The van der Waals surface area contributed by atoms with E-state index in [1.54, 1.807) is 6.07 Å². The molecule has 184 valence electrons. The normalized spacial score (nSPS) is 10.4. The number of hydrogen-bond acceptors (Lipinski definition) is 4. The summed E-state index contributed by atoms with van der Waals surface area (Å²) in [5, 5.41) is 6.23. The van der Waals surface area contributed by atoms with E-state index in [1.807, 2.05) is 0 Å². The summed E-state index contributed by atoms with van der Waals surface area (Å²) in [6.07, 6.45) is -3.15. The molecule has 2 amide bonds. The molecule has 0 aliphatic rings. The van der Waals surface area contributed by atoms with Gasteiger partial charge in [0.15, 0.2) is 0 Å². The van der Waals surface area contributed by atoms with Gasteiger partial charge in [0.2, 0.25) is 6.08 Å². The maximum absolute atomic E-state index is 12.8. The molecule has 0 unspecified atom stereocenters.